The third kappa shape index (κ3) is 2.77. The molecular formula is C13H19N3O. The van der Waals surface area contributed by atoms with E-state index in [4.69, 9.17) is 5.84 Å². The number of nitrogens with two attached hydrogens (primary N) is 1. The zero-order chi connectivity index (χ0) is 12.3. The number of hydrogen-bond donors (Lipinski definition) is 3. The second kappa shape index (κ2) is 5.19. The number of nitrogen functional groups attached to an aromatic ring is 1. The molecule has 0 aliphatic heterocycles. The predicted octanol–water partition coefficient (Wildman–Crippen LogP) is 1.95. The molecule has 1 aromatic carbocycles. The van der Waals surface area contributed by atoms with Crippen molar-refractivity contribution in [1.29, 1.82) is 0 Å². The van der Waals surface area contributed by atoms with Crippen LogP contribution in [0.4, 0.5) is 5.69 Å². The van der Waals surface area contributed by atoms with Crippen LogP contribution in [0.5, 0.6) is 0 Å². The average Bonchev–Trinajstić information content (AvgIpc) is 2.81. The molecule has 0 unspecified atom stereocenters. The summed E-state index contributed by atoms with van der Waals surface area (Å²) < 4.78 is 0. The second-order valence-corrected chi connectivity index (χ2v) is 4.63. The van der Waals surface area contributed by atoms with Gasteiger partial charge in [0, 0.05) is 17.3 Å². The summed E-state index contributed by atoms with van der Waals surface area (Å²) in [5, 5.41) is 3.08. The van der Waals surface area contributed by atoms with Gasteiger partial charge in [0.05, 0.1) is 0 Å². The number of nitrogens with one attached hydrogen (secondary N) is 2. The third-order valence-electron chi connectivity index (χ3n) is 3.33. The molecule has 4 nitrogen and oxygen atoms in total. The zero-order valence-corrected chi connectivity index (χ0v) is 10.1. The number of carbonyl (C=O) groups excluding carboxylic acids is 1. The van der Waals surface area contributed by atoms with Gasteiger partial charge in [0.1, 0.15) is 0 Å². The molecule has 0 heterocycles. The molecule has 0 saturated heterocycles. The topological polar surface area (TPSA) is 67.1 Å². The summed E-state index contributed by atoms with van der Waals surface area (Å²) in [5.74, 6) is 5.35. The Morgan fingerprint density at radius 3 is 2.65 bits per heavy atom. The molecule has 2 rings (SSSR count). The molecule has 0 spiro atoms. The Balaban J connectivity index is 2.07. The van der Waals surface area contributed by atoms with E-state index < -0.39 is 0 Å². The fraction of sp³-hybridized carbons (Fsp3) is 0.462. The molecular weight excluding hydrogens is 214 g/mol. The summed E-state index contributed by atoms with van der Waals surface area (Å²) >= 11 is 0. The molecule has 1 fully saturated rings. The third-order valence-corrected chi connectivity index (χ3v) is 3.33. The molecule has 1 amide bonds. The maximum absolute atomic E-state index is 12.1. The summed E-state index contributed by atoms with van der Waals surface area (Å²) in [6.45, 7) is 1.92. The van der Waals surface area contributed by atoms with E-state index >= 15 is 0 Å². The quantitative estimate of drug-likeness (QED) is 0.552. The van der Waals surface area contributed by atoms with Gasteiger partial charge in [-0.1, -0.05) is 12.8 Å². The van der Waals surface area contributed by atoms with E-state index in [1.165, 1.54) is 12.8 Å². The molecule has 4 N–H and O–H groups in total. The molecule has 17 heavy (non-hydrogen) atoms. The molecule has 1 aliphatic carbocycles. The number of amides is 1. The van der Waals surface area contributed by atoms with Gasteiger partial charge in [-0.2, -0.15) is 0 Å². The van der Waals surface area contributed by atoms with Crippen molar-refractivity contribution in [3.8, 4) is 0 Å². The maximum atomic E-state index is 12.1. The number of anilines is 1. The summed E-state index contributed by atoms with van der Waals surface area (Å²) in [6.07, 6.45) is 4.65. The molecule has 0 radical (unpaired) electrons. The van der Waals surface area contributed by atoms with Crippen LogP contribution in [0.25, 0.3) is 0 Å². The minimum atomic E-state index is 0.0259. The molecule has 1 aromatic rings. The SMILES string of the molecule is Cc1cc(NN)ccc1C(=O)NC1CCCC1. The van der Waals surface area contributed by atoms with E-state index in [1.807, 2.05) is 25.1 Å². The van der Waals surface area contributed by atoms with Gasteiger partial charge in [-0.25, -0.2) is 0 Å². The summed E-state index contributed by atoms with van der Waals surface area (Å²) in [6, 6.07) is 5.86. The van der Waals surface area contributed by atoms with Gasteiger partial charge in [0.2, 0.25) is 0 Å². The van der Waals surface area contributed by atoms with E-state index in [0.717, 1.165) is 29.7 Å². The number of benzene rings is 1. The van der Waals surface area contributed by atoms with Gasteiger partial charge in [-0.05, 0) is 43.5 Å². The number of aryl methyl sites for hydroxylation is 1. The smallest absolute Gasteiger partial charge is 0.251 e. The van der Waals surface area contributed by atoms with Gasteiger partial charge >= 0.3 is 0 Å². The fourth-order valence-corrected chi connectivity index (χ4v) is 2.34. The first-order valence-corrected chi connectivity index (χ1v) is 6.09. The van der Waals surface area contributed by atoms with Crippen LogP contribution in [0.1, 0.15) is 41.6 Å². The largest absolute Gasteiger partial charge is 0.349 e. The molecule has 1 saturated carbocycles. The van der Waals surface area contributed by atoms with E-state index in [2.05, 4.69) is 10.7 Å². The van der Waals surface area contributed by atoms with Gasteiger partial charge in [0.25, 0.3) is 5.91 Å². The number of hydrazine groups is 1. The van der Waals surface area contributed by atoms with Crippen LogP contribution in [0.3, 0.4) is 0 Å². The predicted molar refractivity (Wildman–Crippen MR) is 68.7 cm³/mol. The van der Waals surface area contributed by atoms with Crippen LogP contribution in [0.15, 0.2) is 18.2 Å². The summed E-state index contributed by atoms with van der Waals surface area (Å²) in [7, 11) is 0. The monoisotopic (exact) mass is 233 g/mol. The molecule has 4 heteroatoms. The van der Waals surface area contributed by atoms with Crippen LogP contribution in [0.2, 0.25) is 0 Å². The van der Waals surface area contributed by atoms with Crippen molar-refractivity contribution < 1.29 is 4.79 Å². The van der Waals surface area contributed by atoms with E-state index in [-0.39, 0.29) is 5.91 Å². The summed E-state index contributed by atoms with van der Waals surface area (Å²) in [4.78, 5) is 12.1. The minimum Gasteiger partial charge on any atom is -0.349 e. The molecule has 0 aromatic heterocycles. The highest BCUT2D eigenvalue weighted by Crippen LogP contribution is 2.19. The lowest BCUT2D eigenvalue weighted by Crippen LogP contribution is -2.33. The van der Waals surface area contributed by atoms with Gasteiger partial charge < -0.3 is 10.7 Å². The van der Waals surface area contributed by atoms with E-state index in [9.17, 15) is 4.79 Å². The van der Waals surface area contributed by atoms with Crippen LogP contribution in [0, 0.1) is 6.92 Å². The van der Waals surface area contributed by atoms with Crippen LogP contribution in [-0.2, 0) is 0 Å². The van der Waals surface area contributed by atoms with Crippen molar-refractivity contribution >= 4 is 11.6 Å². The van der Waals surface area contributed by atoms with Gasteiger partial charge in [-0.15, -0.1) is 0 Å². The van der Waals surface area contributed by atoms with Crippen molar-refractivity contribution in [2.75, 3.05) is 5.43 Å². The van der Waals surface area contributed by atoms with E-state index in [1.54, 1.807) is 0 Å². The lowest BCUT2D eigenvalue weighted by molar-refractivity contribution is 0.0937. The molecule has 0 atom stereocenters. The standard InChI is InChI=1S/C13H19N3O/c1-9-8-11(16-14)6-7-12(9)13(17)15-10-4-2-3-5-10/h6-8,10,16H,2-5,14H2,1H3,(H,15,17). The van der Waals surface area contributed by atoms with Gasteiger partial charge in [0.15, 0.2) is 0 Å². The highest BCUT2D eigenvalue weighted by atomic mass is 16.1. The normalized spacial score (nSPS) is 15.9. The van der Waals surface area contributed by atoms with Crippen molar-refractivity contribution in [3.05, 3.63) is 29.3 Å². The first-order valence-electron chi connectivity index (χ1n) is 6.09. The first-order chi connectivity index (χ1) is 8.20. The van der Waals surface area contributed by atoms with E-state index in [0.29, 0.717) is 6.04 Å². The second-order valence-electron chi connectivity index (χ2n) is 4.63. The maximum Gasteiger partial charge on any atom is 0.251 e. The first kappa shape index (κ1) is 11.9. The Labute approximate surface area is 102 Å². The zero-order valence-electron chi connectivity index (χ0n) is 10.1. The molecule has 1 aliphatic rings. The number of carbonyl (C=O) groups is 1. The number of hydrogen-bond acceptors (Lipinski definition) is 3. The Bertz CT molecular complexity index is 411. The Hall–Kier alpha value is -1.55. The summed E-state index contributed by atoms with van der Waals surface area (Å²) in [5.41, 5.74) is 5.07. The lowest BCUT2D eigenvalue weighted by Gasteiger charge is -2.13. The molecule has 92 valence electrons. The highest BCUT2D eigenvalue weighted by Gasteiger charge is 2.18. The van der Waals surface area contributed by atoms with Crippen LogP contribution < -0.4 is 16.6 Å². The van der Waals surface area contributed by atoms with Gasteiger partial charge in [-0.3, -0.25) is 10.6 Å². The lowest BCUT2D eigenvalue weighted by atomic mass is 10.1. The van der Waals surface area contributed by atoms with Crippen molar-refractivity contribution in [1.82, 2.24) is 5.32 Å². The van der Waals surface area contributed by atoms with Crippen molar-refractivity contribution in [3.63, 3.8) is 0 Å². The number of rotatable bonds is 3. The van der Waals surface area contributed by atoms with Crippen molar-refractivity contribution in [2.45, 2.75) is 38.6 Å². The average molecular weight is 233 g/mol. The van der Waals surface area contributed by atoms with Crippen LogP contribution >= 0.6 is 0 Å². The fourth-order valence-electron chi connectivity index (χ4n) is 2.34. The van der Waals surface area contributed by atoms with Crippen LogP contribution in [-0.4, -0.2) is 11.9 Å². The molecule has 0 bridgehead atoms. The van der Waals surface area contributed by atoms with Crippen molar-refractivity contribution in [2.24, 2.45) is 5.84 Å². The Morgan fingerprint density at radius 1 is 1.35 bits per heavy atom. The highest BCUT2D eigenvalue weighted by molar-refractivity contribution is 5.96. The minimum absolute atomic E-state index is 0.0259. The Morgan fingerprint density at radius 2 is 2.06 bits per heavy atom. The Kier molecular flexibility index (Phi) is 3.64.